The number of methoxy groups -OCH3 is 1. The van der Waals surface area contributed by atoms with E-state index in [1.54, 1.807) is 0 Å². The van der Waals surface area contributed by atoms with Crippen LogP contribution in [0.4, 0.5) is 0 Å². The number of benzene rings is 1. The van der Waals surface area contributed by atoms with Crippen molar-refractivity contribution in [3.63, 3.8) is 0 Å². The number of ether oxygens (including phenoxy) is 1. The summed E-state index contributed by atoms with van der Waals surface area (Å²) in [5.74, 6) is -0.230. The van der Waals surface area contributed by atoms with Crippen LogP contribution in [0.25, 0.3) is 10.9 Å². The molecule has 0 amide bonds. The summed E-state index contributed by atoms with van der Waals surface area (Å²) in [5.41, 5.74) is 2.00. The fourth-order valence-electron chi connectivity index (χ4n) is 2.22. The molecule has 1 aliphatic carbocycles. The quantitative estimate of drug-likeness (QED) is 0.810. The molecule has 4 heteroatoms. The minimum absolute atomic E-state index is 0.230. The summed E-state index contributed by atoms with van der Waals surface area (Å²) in [7, 11) is 1.43. The van der Waals surface area contributed by atoms with E-state index in [2.05, 4.69) is 10.3 Å². The fraction of sp³-hybridized carbons (Fsp3) is 0.357. The first-order valence-electron chi connectivity index (χ1n) is 6.19. The summed E-state index contributed by atoms with van der Waals surface area (Å²) >= 11 is 0. The first-order valence-corrected chi connectivity index (χ1v) is 6.19. The Balaban J connectivity index is 1.99. The number of esters is 1. The van der Waals surface area contributed by atoms with Gasteiger partial charge in [-0.1, -0.05) is 18.2 Å². The summed E-state index contributed by atoms with van der Waals surface area (Å²) in [6, 6.07) is 8.05. The highest BCUT2D eigenvalue weighted by molar-refractivity contribution is 5.89. The van der Waals surface area contributed by atoms with Gasteiger partial charge in [0.25, 0.3) is 0 Å². The molecule has 94 valence electrons. The number of aromatic nitrogens is 1. The standard InChI is InChI=1S/C14H16N2O2/c1-18-14(17)13(16-9-6-7-9)11-8-15-12-5-3-2-4-10(11)12/h2-5,8-9,13,15-16H,6-7H2,1H3. The maximum absolute atomic E-state index is 11.9. The highest BCUT2D eigenvalue weighted by Crippen LogP contribution is 2.29. The topological polar surface area (TPSA) is 54.1 Å². The van der Waals surface area contributed by atoms with E-state index in [0.717, 1.165) is 29.3 Å². The molecule has 4 nitrogen and oxygen atoms in total. The predicted octanol–water partition coefficient (Wildman–Crippen LogP) is 2.13. The lowest BCUT2D eigenvalue weighted by Gasteiger charge is -2.15. The Hall–Kier alpha value is -1.81. The third-order valence-electron chi connectivity index (χ3n) is 3.35. The van der Waals surface area contributed by atoms with Gasteiger partial charge in [0, 0.05) is 28.7 Å². The van der Waals surface area contributed by atoms with Gasteiger partial charge in [-0.3, -0.25) is 5.32 Å². The SMILES string of the molecule is COC(=O)C(NC1CC1)c1c[nH]c2ccccc12. The molecule has 0 bridgehead atoms. The summed E-state index contributed by atoms with van der Waals surface area (Å²) in [6.07, 6.45) is 4.16. The highest BCUT2D eigenvalue weighted by atomic mass is 16.5. The van der Waals surface area contributed by atoms with Crippen molar-refractivity contribution in [3.8, 4) is 0 Å². The molecule has 0 spiro atoms. The lowest BCUT2D eigenvalue weighted by Crippen LogP contribution is -2.31. The van der Waals surface area contributed by atoms with Crippen LogP contribution in [-0.2, 0) is 9.53 Å². The van der Waals surface area contributed by atoms with E-state index in [1.807, 2.05) is 30.5 Å². The number of H-pyrrole nitrogens is 1. The summed E-state index contributed by atoms with van der Waals surface area (Å²) < 4.78 is 4.90. The third kappa shape index (κ3) is 1.99. The molecular weight excluding hydrogens is 228 g/mol. The number of para-hydroxylation sites is 1. The van der Waals surface area contributed by atoms with Crippen molar-refractivity contribution in [2.24, 2.45) is 0 Å². The van der Waals surface area contributed by atoms with Crippen LogP contribution in [0.5, 0.6) is 0 Å². The van der Waals surface area contributed by atoms with Crippen LogP contribution in [0, 0.1) is 0 Å². The zero-order chi connectivity index (χ0) is 12.5. The van der Waals surface area contributed by atoms with Crippen LogP contribution in [0.1, 0.15) is 24.4 Å². The summed E-state index contributed by atoms with van der Waals surface area (Å²) in [4.78, 5) is 15.1. The van der Waals surface area contributed by atoms with Crippen molar-refractivity contribution in [3.05, 3.63) is 36.0 Å². The second-order valence-corrected chi connectivity index (χ2v) is 4.69. The largest absolute Gasteiger partial charge is 0.468 e. The average Bonchev–Trinajstić information content (AvgIpc) is 3.13. The molecule has 18 heavy (non-hydrogen) atoms. The molecule has 1 aromatic heterocycles. The Morgan fingerprint density at radius 1 is 1.44 bits per heavy atom. The van der Waals surface area contributed by atoms with Crippen molar-refractivity contribution in [2.45, 2.75) is 24.9 Å². The molecule has 1 heterocycles. The second-order valence-electron chi connectivity index (χ2n) is 4.69. The number of rotatable bonds is 4. The Bertz CT molecular complexity index is 572. The molecule has 1 aliphatic rings. The first-order chi connectivity index (χ1) is 8.79. The van der Waals surface area contributed by atoms with E-state index < -0.39 is 0 Å². The molecule has 0 radical (unpaired) electrons. The zero-order valence-electron chi connectivity index (χ0n) is 10.3. The van der Waals surface area contributed by atoms with Gasteiger partial charge in [0.1, 0.15) is 6.04 Å². The number of fused-ring (bicyclic) bond motifs is 1. The Morgan fingerprint density at radius 2 is 2.22 bits per heavy atom. The molecule has 2 N–H and O–H groups in total. The molecule has 1 fully saturated rings. The van der Waals surface area contributed by atoms with Gasteiger partial charge in [0.05, 0.1) is 7.11 Å². The number of nitrogens with one attached hydrogen (secondary N) is 2. The molecule has 3 rings (SSSR count). The van der Waals surface area contributed by atoms with Crippen LogP contribution in [0.2, 0.25) is 0 Å². The molecule has 1 unspecified atom stereocenters. The Morgan fingerprint density at radius 3 is 2.94 bits per heavy atom. The molecule has 0 saturated heterocycles. The van der Waals surface area contributed by atoms with Crippen molar-refractivity contribution in [1.82, 2.24) is 10.3 Å². The maximum Gasteiger partial charge on any atom is 0.327 e. The normalized spacial score (nSPS) is 16.7. The van der Waals surface area contributed by atoms with Crippen LogP contribution < -0.4 is 5.32 Å². The van der Waals surface area contributed by atoms with E-state index in [0.29, 0.717) is 6.04 Å². The van der Waals surface area contributed by atoms with E-state index >= 15 is 0 Å². The lowest BCUT2D eigenvalue weighted by molar-refractivity contribution is -0.143. The van der Waals surface area contributed by atoms with E-state index in [4.69, 9.17) is 4.74 Å². The van der Waals surface area contributed by atoms with Crippen LogP contribution in [0.3, 0.4) is 0 Å². The molecule has 1 saturated carbocycles. The third-order valence-corrected chi connectivity index (χ3v) is 3.35. The number of hydrogen-bond donors (Lipinski definition) is 2. The summed E-state index contributed by atoms with van der Waals surface area (Å²) in [6.45, 7) is 0. The minimum Gasteiger partial charge on any atom is -0.468 e. The molecule has 1 aromatic carbocycles. The minimum atomic E-state index is -0.376. The van der Waals surface area contributed by atoms with Crippen molar-refractivity contribution < 1.29 is 9.53 Å². The van der Waals surface area contributed by atoms with Gasteiger partial charge in [-0.15, -0.1) is 0 Å². The molecule has 0 aliphatic heterocycles. The monoisotopic (exact) mass is 244 g/mol. The lowest BCUT2D eigenvalue weighted by atomic mass is 10.1. The Kier molecular flexibility index (Phi) is 2.80. The highest BCUT2D eigenvalue weighted by Gasteiger charge is 2.31. The van der Waals surface area contributed by atoms with Crippen molar-refractivity contribution in [1.29, 1.82) is 0 Å². The first kappa shape index (κ1) is 11.3. The van der Waals surface area contributed by atoms with Gasteiger partial charge >= 0.3 is 5.97 Å². The number of carbonyl (C=O) groups is 1. The number of carbonyl (C=O) groups excluding carboxylic acids is 1. The molecule has 2 aromatic rings. The maximum atomic E-state index is 11.9. The van der Waals surface area contributed by atoms with Crippen LogP contribution >= 0.6 is 0 Å². The van der Waals surface area contributed by atoms with Gasteiger partial charge in [0.2, 0.25) is 0 Å². The van der Waals surface area contributed by atoms with Gasteiger partial charge < -0.3 is 9.72 Å². The van der Waals surface area contributed by atoms with Crippen molar-refractivity contribution >= 4 is 16.9 Å². The Labute approximate surface area is 105 Å². The average molecular weight is 244 g/mol. The second kappa shape index (κ2) is 4.46. The number of hydrogen-bond acceptors (Lipinski definition) is 3. The van der Waals surface area contributed by atoms with E-state index in [-0.39, 0.29) is 12.0 Å². The zero-order valence-corrected chi connectivity index (χ0v) is 10.3. The summed E-state index contributed by atoms with van der Waals surface area (Å²) in [5, 5.41) is 4.41. The molecule has 1 atom stereocenters. The van der Waals surface area contributed by atoms with Gasteiger partial charge in [-0.25, -0.2) is 4.79 Å². The predicted molar refractivity (Wildman–Crippen MR) is 69.2 cm³/mol. The van der Waals surface area contributed by atoms with Gasteiger partial charge in [-0.05, 0) is 18.9 Å². The van der Waals surface area contributed by atoms with E-state index in [1.165, 1.54) is 7.11 Å². The number of aromatic amines is 1. The van der Waals surface area contributed by atoms with Crippen molar-refractivity contribution in [2.75, 3.05) is 7.11 Å². The van der Waals surface area contributed by atoms with Gasteiger partial charge in [-0.2, -0.15) is 0 Å². The van der Waals surface area contributed by atoms with Gasteiger partial charge in [0.15, 0.2) is 0 Å². The smallest absolute Gasteiger partial charge is 0.327 e. The fourth-order valence-corrected chi connectivity index (χ4v) is 2.22. The van der Waals surface area contributed by atoms with Crippen LogP contribution in [0.15, 0.2) is 30.5 Å². The van der Waals surface area contributed by atoms with E-state index in [9.17, 15) is 4.79 Å². The molecular formula is C14H16N2O2. The van der Waals surface area contributed by atoms with Crippen LogP contribution in [-0.4, -0.2) is 24.1 Å².